The molecule has 0 aliphatic carbocycles. The lowest BCUT2D eigenvalue weighted by Gasteiger charge is -2.13. The van der Waals surface area contributed by atoms with E-state index in [9.17, 15) is 19.7 Å². The fourth-order valence-corrected chi connectivity index (χ4v) is 2.61. The van der Waals surface area contributed by atoms with E-state index in [0.717, 1.165) is 0 Å². The van der Waals surface area contributed by atoms with Gasteiger partial charge in [0.2, 0.25) is 5.91 Å². The number of carbonyl (C=O) groups is 2. The first-order valence-corrected chi connectivity index (χ1v) is 9.19. The van der Waals surface area contributed by atoms with Crippen molar-refractivity contribution in [3.05, 3.63) is 63.2 Å². The number of methoxy groups -OCH3 is 1. The van der Waals surface area contributed by atoms with Crippen molar-refractivity contribution in [1.82, 2.24) is 5.32 Å². The number of ether oxygens (including phenoxy) is 2. The Balaban J connectivity index is 1.87. The van der Waals surface area contributed by atoms with Gasteiger partial charge < -0.3 is 24.9 Å². The molecule has 2 aromatic rings. The second-order valence-electron chi connectivity index (χ2n) is 5.80. The number of halogens is 1. The Morgan fingerprint density at radius 2 is 1.93 bits per heavy atom. The van der Waals surface area contributed by atoms with Crippen molar-refractivity contribution in [2.45, 2.75) is 6.42 Å². The molecule has 0 atom stereocenters. The predicted molar refractivity (Wildman–Crippen MR) is 108 cm³/mol. The summed E-state index contributed by atoms with van der Waals surface area (Å²) in [6.07, 6.45) is 0.0150. The minimum Gasteiger partial charge on any atom is -0.495 e. The molecule has 2 N–H and O–H groups in total. The van der Waals surface area contributed by atoms with Crippen LogP contribution >= 0.6 is 11.6 Å². The lowest BCUT2D eigenvalue weighted by atomic mass is 10.2. The second-order valence-corrected chi connectivity index (χ2v) is 6.21. The lowest BCUT2D eigenvalue weighted by Crippen LogP contribution is -2.27. The number of rotatable bonds is 11. The maximum atomic E-state index is 12.2. The fourth-order valence-electron chi connectivity index (χ4n) is 2.39. The number of amides is 2. The van der Waals surface area contributed by atoms with E-state index in [1.165, 1.54) is 13.2 Å². The van der Waals surface area contributed by atoms with E-state index in [2.05, 4.69) is 15.5 Å². The summed E-state index contributed by atoms with van der Waals surface area (Å²) >= 11 is 5.97. The van der Waals surface area contributed by atoms with Crippen LogP contribution in [0.1, 0.15) is 16.8 Å². The Morgan fingerprint density at radius 3 is 2.63 bits per heavy atom. The highest BCUT2D eigenvalue weighted by Gasteiger charge is 2.12. The molecule has 0 unspecified atom stereocenters. The second kappa shape index (κ2) is 11.5. The van der Waals surface area contributed by atoms with Gasteiger partial charge in [-0.1, -0.05) is 23.7 Å². The van der Waals surface area contributed by atoms with Crippen molar-refractivity contribution in [3.8, 4) is 11.5 Å². The number of nitrogens with zero attached hydrogens (tertiary/aromatic N) is 1. The SMILES string of the molecule is COc1ccc(OCCO[N+](=O)[O-])cc1NC(=O)CCNC(=O)c1ccccc1Cl. The van der Waals surface area contributed by atoms with Crippen LogP contribution < -0.4 is 20.1 Å². The van der Waals surface area contributed by atoms with E-state index in [0.29, 0.717) is 27.8 Å². The van der Waals surface area contributed by atoms with Gasteiger partial charge in [-0.25, -0.2) is 0 Å². The third kappa shape index (κ3) is 7.13. The summed E-state index contributed by atoms with van der Waals surface area (Å²) in [5.74, 6) is 0.0299. The maximum absolute atomic E-state index is 12.2. The van der Waals surface area contributed by atoms with E-state index in [1.54, 1.807) is 36.4 Å². The van der Waals surface area contributed by atoms with Crippen LogP contribution in [0.3, 0.4) is 0 Å². The minimum atomic E-state index is -0.909. The molecule has 0 aliphatic heterocycles. The van der Waals surface area contributed by atoms with Crippen LogP contribution in [0.4, 0.5) is 5.69 Å². The van der Waals surface area contributed by atoms with Crippen molar-refractivity contribution in [2.24, 2.45) is 0 Å². The van der Waals surface area contributed by atoms with E-state index < -0.39 is 5.09 Å². The minimum absolute atomic E-state index is 0.0150. The van der Waals surface area contributed by atoms with Gasteiger partial charge in [0.25, 0.3) is 11.0 Å². The third-order valence-electron chi connectivity index (χ3n) is 3.75. The Kier molecular flexibility index (Phi) is 8.70. The molecule has 0 saturated carbocycles. The summed E-state index contributed by atoms with van der Waals surface area (Å²) < 4.78 is 10.5. The average molecular weight is 438 g/mol. The highest BCUT2D eigenvalue weighted by atomic mass is 35.5. The van der Waals surface area contributed by atoms with E-state index in [4.69, 9.17) is 21.1 Å². The summed E-state index contributed by atoms with van der Waals surface area (Å²) in [5, 5.41) is 14.8. The highest BCUT2D eigenvalue weighted by Crippen LogP contribution is 2.29. The monoisotopic (exact) mass is 437 g/mol. The third-order valence-corrected chi connectivity index (χ3v) is 4.08. The first-order valence-electron chi connectivity index (χ1n) is 8.81. The molecule has 30 heavy (non-hydrogen) atoms. The van der Waals surface area contributed by atoms with Gasteiger partial charge in [-0.2, -0.15) is 0 Å². The molecule has 0 aliphatic rings. The molecule has 0 heterocycles. The maximum Gasteiger partial charge on any atom is 0.294 e. The van der Waals surface area contributed by atoms with Crippen LogP contribution in [-0.4, -0.2) is 43.8 Å². The molecule has 10 nitrogen and oxygen atoms in total. The summed E-state index contributed by atoms with van der Waals surface area (Å²) in [7, 11) is 1.44. The van der Waals surface area contributed by atoms with Crippen molar-refractivity contribution < 1.29 is 29.0 Å². The van der Waals surface area contributed by atoms with E-state index in [-0.39, 0.29) is 38.0 Å². The topological polar surface area (TPSA) is 129 Å². The fraction of sp³-hybridized carbons (Fsp3) is 0.263. The Hall–Kier alpha value is -3.53. The molecule has 0 saturated heterocycles. The smallest absolute Gasteiger partial charge is 0.294 e. The summed E-state index contributed by atoms with van der Waals surface area (Å²) in [4.78, 5) is 38.6. The summed E-state index contributed by atoms with van der Waals surface area (Å²) in [6, 6.07) is 11.3. The highest BCUT2D eigenvalue weighted by molar-refractivity contribution is 6.33. The Bertz CT molecular complexity index is 907. The van der Waals surface area contributed by atoms with Gasteiger partial charge in [-0.3, -0.25) is 9.59 Å². The number of benzene rings is 2. The van der Waals surface area contributed by atoms with Gasteiger partial charge >= 0.3 is 0 Å². The van der Waals surface area contributed by atoms with Crippen LogP contribution in [0.2, 0.25) is 5.02 Å². The lowest BCUT2D eigenvalue weighted by molar-refractivity contribution is -0.757. The van der Waals surface area contributed by atoms with Crippen molar-refractivity contribution >= 4 is 29.1 Å². The van der Waals surface area contributed by atoms with Gasteiger partial charge in [0, 0.05) is 19.0 Å². The van der Waals surface area contributed by atoms with E-state index in [1.807, 2.05) is 0 Å². The number of hydrogen-bond acceptors (Lipinski definition) is 7. The van der Waals surface area contributed by atoms with Crippen LogP contribution in [0, 0.1) is 10.1 Å². The molecule has 0 fully saturated rings. The standard InChI is InChI=1S/C19H20ClN3O7/c1-28-17-7-6-13(29-10-11-30-23(26)27)12-16(17)22-18(24)8-9-21-19(25)14-4-2-3-5-15(14)20/h2-7,12H,8-11H2,1H3,(H,21,25)(H,22,24). The molecule has 0 spiro atoms. The number of hydrogen-bond donors (Lipinski definition) is 2. The van der Waals surface area contributed by atoms with Crippen LogP contribution in [0.25, 0.3) is 0 Å². The average Bonchev–Trinajstić information content (AvgIpc) is 2.71. The van der Waals surface area contributed by atoms with Crippen LogP contribution in [0.15, 0.2) is 42.5 Å². The van der Waals surface area contributed by atoms with E-state index >= 15 is 0 Å². The largest absolute Gasteiger partial charge is 0.495 e. The zero-order valence-electron chi connectivity index (χ0n) is 16.1. The molecule has 0 bridgehead atoms. The number of anilines is 1. The first kappa shape index (κ1) is 22.8. The van der Waals surface area contributed by atoms with Gasteiger partial charge in [0.05, 0.1) is 23.4 Å². The summed E-state index contributed by atoms with van der Waals surface area (Å²) in [6.45, 7) is -0.173. The quantitative estimate of drug-likeness (QED) is 0.314. The molecule has 0 radical (unpaired) electrons. The molecule has 11 heteroatoms. The van der Waals surface area contributed by atoms with Gasteiger partial charge in [0.15, 0.2) is 0 Å². The van der Waals surface area contributed by atoms with Gasteiger partial charge in [-0.05, 0) is 24.3 Å². The van der Waals surface area contributed by atoms with Crippen LogP contribution in [0.5, 0.6) is 11.5 Å². The van der Waals surface area contributed by atoms with Crippen LogP contribution in [-0.2, 0) is 9.63 Å². The Morgan fingerprint density at radius 1 is 1.17 bits per heavy atom. The zero-order valence-corrected chi connectivity index (χ0v) is 16.8. The number of nitrogens with one attached hydrogen (secondary N) is 2. The summed E-state index contributed by atoms with van der Waals surface area (Å²) in [5.41, 5.74) is 0.680. The molecular weight excluding hydrogens is 418 g/mol. The van der Waals surface area contributed by atoms with Crippen molar-refractivity contribution in [2.75, 3.05) is 32.2 Å². The van der Waals surface area contributed by atoms with Crippen molar-refractivity contribution in [1.29, 1.82) is 0 Å². The molecule has 160 valence electrons. The molecular formula is C19H20ClN3O7. The predicted octanol–water partition coefficient (Wildman–Crippen LogP) is 2.69. The normalized spacial score (nSPS) is 10.1. The Labute approximate surface area is 177 Å². The zero-order chi connectivity index (χ0) is 21.9. The molecule has 2 rings (SSSR count). The van der Waals surface area contributed by atoms with Crippen molar-refractivity contribution in [3.63, 3.8) is 0 Å². The molecule has 2 amide bonds. The van der Waals surface area contributed by atoms with Gasteiger partial charge in [0.1, 0.15) is 24.7 Å². The first-order chi connectivity index (χ1) is 14.4. The number of carbonyl (C=O) groups excluding carboxylic acids is 2. The van der Waals surface area contributed by atoms with Gasteiger partial charge in [-0.15, -0.1) is 10.1 Å². The molecule has 2 aromatic carbocycles. The molecule has 0 aromatic heterocycles.